The molecule has 178 valence electrons. The molecule has 3 heterocycles. The van der Waals surface area contributed by atoms with Crippen LogP contribution < -0.4 is 0 Å². The van der Waals surface area contributed by atoms with E-state index in [4.69, 9.17) is 9.47 Å². The molecule has 3 aliphatic heterocycles. The number of fused-ring (bicyclic) bond motifs is 1. The summed E-state index contributed by atoms with van der Waals surface area (Å²) in [7, 11) is 1.85. The fraction of sp³-hybridized carbons (Fsp3) is 0.500. The van der Waals surface area contributed by atoms with E-state index in [0.29, 0.717) is 18.7 Å². The first-order chi connectivity index (χ1) is 15.7. The number of rotatable bonds is 8. The second kappa shape index (κ2) is 10.2. The summed E-state index contributed by atoms with van der Waals surface area (Å²) in [6.07, 6.45) is 5.33. The molecular weight excluding hydrogens is 426 g/mol. The van der Waals surface area contributed by atoms with E-state index in [0.717, 1.165) is 17.6 Å². The van der Waals surface area contributed by atoms with E-state index < -0.39 is 24.1 Å². The number of aliphatic imine (C=N–C) groups is 1. The molecule has 0 aromatic rings. The molecule has 3 rings (SSSR count). The average molecular weight is 458 g/mol. The first-order valence-corrected chi connectivity index (χ1v) is 11.0. The Kier molecular flexibility index (Phi) is 7.53. The molecule has 0 radical (unpaired) electrons. The van der Waals surface area contributed by atoms with Crippen LogP contribution in [-0.4, -0.2) is 77.2 Å². The Bertz CT molecular complexity index is 948. The van der Waals surface area contributed by atoms with Crippen LogP contribution in [0.25, 0.3) is 0 Å². The Morgan fingerprint density at radius 3 is 2.58 bits per heavy atom. The van der Waals surface area contributed by atoms with Crippen LogP contribution in [0, 0.1) is 5.92 Å². The third kappa shape index (κ3) is 4.78. The van der Waals surface area contributed by atoms with Gasteiger partial charge in [-0.2, -0.15) is 4.99 Å². The number of carbonyl (C=O) groups is 3. The molecule has 0 bridgehead atoms. The molecule has 0 spiro atoms. The topological polar surface area (TPSA) is 109 Å². The lowest BCUT2D eigenvalue weighted by molar-refractivity contribution is -0.162. The summed E-state index contributed by atoms with van der Waals surface area (Å²) >= 11 is 0. The van der Waals surface area contributed by atoms with Crippen LogP contribution >= 0.6 is 0 Å². The predicted molar refractivity (Wildman–Crippen MR) is 122 cm³/mol. The van der Waals surface area contributed by atoms with Gasteiger partial charge in [-0.05, 0) is 37.8 Å². The Labute approximate surface area is 193 Å². The zero-order chi connectivity index (χ0) is 24.3. The lowest BCUT2D eigenvalue weighted by Crippen LogP contribution is -2.61. The summed E-state index contributed by atoms with van der Waals surface area (Å²) in [6.45, 7) is 10.7. The van der Waals surface area contributed by atoms with Crippen LogP contribution in [0.3, 0.4) is 0 Å². The number of carbonyl (C=O) groups excluding carboxylic acids is 3. The van der Waals surface area contributed by atoms with Gasteiger partial charge in [0.1, 0.15) is 24.7 Å². The minimum absolute atomic E-state index is 0.0367. The van der Waals surface area contributed by atoms with Gasteiger partial charge in [0, 0.05) is 19.5 Å². The maximum absolute atomic E-state index is 12.8. The van der Waals surface area contributed by atoms with Gasteiger partial charge in [0.2, 0.25) is 5.91 Å². The van der Waals surface area contributed by atoms with Crippen molar-refractivity contribution >= 4 is 23.8 Å². The molecular formula is C24H31N3O6. The van der Waals surface area contributed by atoms with Crippen molar-refractivity contribution in [1.29, 1.82) is 0 Å². The van der Waals surface area contributed by atoms with E-state index in [1.807, 2.05) is 24.9 Å². The fourth-order valence-corrected chi connectivity index (χ4v) is 4.64. The number of amides is 2. The molecule has 3 aliphatic rings. The Morgan fingerprint density at radius 1 is 1.27 bits per heavy atom. The number of likely N-dealkylation sites (tertiary alicyclic amines) is 1. The lowest BCUT2D eigenvalue weighted by atomic mass is 9.82. The number of amidine groups is 1. The van der Waals surface area contributed by atoms with Crippen molar-refractivity contribution < 1.29 is 29.0 Å². The summed E-state index contributed by atoms with van der Waals surface area (Å²) < 4.78 is 10.2. The number of aliphatic hydroxyl groups is 1. The number of nitrogens with zero attached hydrogens (tertiary/aromatic N) is 3. The number of hydrogen-bond donors (Lipinski definition) is 1. The van der Waals surface area contributed by atoms with Crippen molar-refractivity contribution in [3.63, 3.8) is 0 Å². The van der Waals surface area contributed by atoms with Crippen LogP contribution in [0.1, 0.15) is 33.1 Å². The highest BCUT2D eigenvalue weighted by atomic mass is 16.5. The quantitative estimate of drug-likeness (QED) is 0.339. The molecule has 9 nitrogen and oxygen atoms in total. The number of hydrogen-bond acceptors (Lipinski definition) is 6. The third-order valence-corrected chi connectivity index (χ3v) is 6.29. The van der Waals surface area contributed by atoms with Gasteiger partial charge in [0.05, 0.1) is 18.1 Å². The number of β-lactam (4-membered cyclic amide) rings is 1. The molecule has 2 saturated heterocycles. The molecule has 33 heavy (non-hydrogen) atoms. The summed E-state index contributed by atoms with van der Waals surface area (Å²) in [4.78, 5) is 44.7. The van der Waals surface area contributed by atoms with Crippen LogP contribution in [0.5, 0.6) is 0 Å². The van der Waals surface area contributed by atoms with Crippen molar-refractivity contribution in [3.8, 4) is 0 Å². The molecule has 4 atom stereocenters. The molecule has 0 aromatic carbocycles. The number of esters is 1. The third-order valence-electron chi connectivity index (χ3n) is 6.29. The number of aliphatic hydroxyl groups excluding tert-OH is 1. The molecule has 2 amide bonds. The maximum atomic E-state index is 12.8. The summed E-state index contributed by atoms with van der Waals surface area (Å²) in [5.74, 6) is -0.761. The second-order valence-electron chi connectivity index (χ2n) is 8.42. The SMILES string of the molecule is C=CCOC(=O)N=C1CC[C@@H](C=C(C)C2=C(C(=O)OCC=C)N3C(=O)[C@H]([C@@H](C)O)[C@H]3C2)N1C. The zero-order valence-electron chi connectivity index (χ0n) is 19.3. The largest absolute Gasteiger partial charge is 0.457 e. The van der Waals surface area contributed by atoms with Crippen LogP contribution in [0.2, 0.25) is 0 Å². The predicted octanol–water partition coefficient (Wildman–Crippen LogP) is 2.34. The van der Waals surface area contributed by atoms with E-state index in [9.17, 15) is 19.5 Å². The molecule has 0 unspecified atom stereocenters. The summed E-state index contributed by atoms with van der Waals surface area (Å²) in [5.41, 5.74) is 1.81. The second-order valence-corrected chi connectivity index (χ2v) is 8.42. The molecule has 0 saturated carbocycles. The maximum Gasteiger partial charge on any atom is 0.435 e. The van der Waals surface area contributed by atoms with E-state index in [-0.39, 0.29) is 36.9 Å². The van der Waals surface area contributed by atoms with Crippen molar-refractivity contribution in [2.24, 2.45) is 10.9 Å². The standard InChI is InChI=1S/C24H31N3O6/c1-6-10-32-23(30)21-17(13-18-20(15(4)28)22(29)27(18)21)14(3)12-16-8-9-19(26(16)5)25-24(31)33-11-7-2/h6-7,12,15-16,18,20,28H,1-2,8-11,13H2,3-5H3/t15-,16+,18-,20-/m1/s1. The Hall–Kier alpha value is -3.20. The first-order valence-electron chi connectivity index (χ1n) is 11.0. The minimum atomic E-state index is -0.798. The fourth-order valence-electron chi connectivity index (χ4n) is 4.64. The first kappa shape index (κ1) is 24.4. The van der Waals surface area contributed by atoms with Crippen molar-refractivity contribution in [3.05, 3.63) is 48.2 Å². The highest BCUT2D eigenvalue weighted by molar-refractivity contribution is 6.01. The highest BCUT2D eigenvalue weighted by Gasteiger charge is 2.57. The van der Waals surface area contributed by atoms with Gasteiger partial charge >= 0.3 is 12.1 Å². The van der Waals surface area contributed by atoms with Gasteiger partial charge in [0.25, 0.3) is 0 Å². The Balaban J connectivity index is 1.84. The number of ether oxygens (including phenoxy) is 2. The molecule has 1 N–H and O–H groups in total. The number of allylic oxidation sites excluding steroid dienone is 1. The normalized spacial score (nSPS) is 26.8. The molecule has 9 heteroatoms. The van der Waals surface area contributed by atoms with Crippen LogP contribution in [0.15, 0.2) is 53.2 Å². The van der Waals surface area contributed by atoms with Crippen molar-refractivity contribution in [2.45, 2.75) is 51.3 Å². The summed E-state index contributed by atoms with van der Waals surface area (Å²) in [6, 6.07) is -0.300. The lowest BCUT2D eigenvalue weighted by Gasteiger charge is -2.44. The van der Waals surface area contributed by atoms with E-state index in [1.165, 1.54) is 17.1 Å². The zero-order valence-corrected chi connectivity index (χ0v) is 19.3. The monoisotopic (exact) mass is 457 g/mol. The van der Waals surface area contributed by atoms with Crippen LogP contribution in [0.4, 0.5) is 4.79 Å². The smallest absolute Gasteiger partial charge is 0.435 e. The molecule has 2 fully saturated rings. The van der Waals surface area contributed by atoms with Gasteiger partial charge in [-0.3, -0.25) is 4.79 Å². The van der Waals surface area contributed by atoms with Crippen molar-refractivity contribution in [2.75, 3.05) is 20.3 Å². The molecule has 0 aliphatic carbocycles. The average Bonchev–Trinajstić information content (AvgIpc) is 3.28. The molecule has 0 aromatic heterocycles. The highest BCUT2D eigenvalue weighted by Crippen LogP contribution is 2.46. The van der Waals surface area contributed by atoms with Gasteiger partial charge in [-0.25, -0.2) is 9.59 Å². The van der Waals surface area contributed by atoms with E-state index >= 15 is 0 Å². The van der Waals surface area contributed by atoms with E-state index in [1.54, 1.807) is 6.92 Å². The Morgan fingerprint density at radius 2 is 1.94 bits per heavy atom. The van der Waals surface area contributed by atoms with Gasteiger partial charge in [-0.1, -0.05) is 31.4 Å². The minimum Gasteiger partial charge on any atom is -0.457 e. The van der Waals surface area contributed by atoms with Crippen LogP contribution in [-0.2, 0) is 19.1 Å². The van der Waals surface area contributed by atoms with Crippen molar-refractivity contribution in [1.82, 2.24) is 9.80 Å². The van der Waals surface area contributed by atoms with Gasteiger partial charge < -0.3 is 24.4 Å². The van der Waals surface area contributed by atoms with Gasteiger partial charge in [-0.15, -0.1) is 0 Å². The summed E-state index contributed by atoms with van der Waals surface area (Å²) in [5, 5.41) is 10.0. The van der Waals surface area contributed by atoms with Gasteiger partial charge in [0.15, 0.2) is 0 Å². The number of likely N-dealkylation sites (N-methyl/N-ethyl adjacent to an activating group) is 1. The van der Waals surface area contributed by atoms with E-state index in [2.05, 4.69) is 18.2 Å².